The molecule has 16 heavy (non-hydrogen) atoms. The smallest absolute Gasteiger partial charge is 0.0905 e. The van der Waals surface area contributed by atoms with Gasteiger partial charge in [-0.25, -0.2) is 0 Å². The van der Waals surface area contributed by atoms with Crippen molar-refractivity contribution >= 4 is 0 Å². The molecule has 1 fully saturated rings. The molecule has 0 aromatic heterocycles. The monoisotopic (exact) mass is 217 g/mol. The van der Waals surface area contributed by atoms with Gasteiger partial charge in [0.25, 0.3) is 0 Å². The van der Waals surface area contributed by atoms with E-state index in [0.29, 0.717) is 0 Å². The Hall–Kier alpha value is -1.28. The molecule has 2 rings (SSSR count). The second-order valence-corrected chi connectivity index (χ2v) is 4.40. The first kappa shape index (κ1) is 11.2. The average molecular weight is 217 g/mol. The van der Waals surface area contributed by atoms with Gasteiger partial charge < -0.3 is 10.1 Å². The van der Waals surface area contributed by atoms with Crippen LogP contribution in [0.3, 0.4) is 0 Å². The summed E-state index contributed by atoms with van der Waals surface area (Å²) in [6, 6.07) is 10.6. The number of hydrogen-bond donors (Lipinski definition) is 1. The van der Waals surface area contributed by atoms with E-state index in [1.54, 1.807) is 7.11 Å². The molecule has 0 saturated carbocycles. The van der Waals surface area contributed by atoms with Crippen LogP contribution >= 0.6 is 0 Å². The van der Waals surface area contributed by atoms with Gasteiger partial charge in [-0.05, 0) is 24.9 Å². The summed E-state index contributed by atoms with van der Waals surface area (Å²) in [4.78, 5) is 0. The fourth-order valence-electron chi connectivity index (χ4n) is 2.47. The van der Waals surface area contributed by atoms with Crippen molar-refractivity contribution in [2.75, 3.05) is 13.7 Å². The van der Waals surface area contributed by atoms with Crippen LogP contribution in [0.15, 0.2) is 42.7 Å². The van der Waals surface area contributed by atoms with Gasteiger partial charge in [0, 0.05) is 6.42 Å². The van der Waals surface area contributed by atoms with Crippen molar-refractivity contribution in [1.29, 1.82) is 0 Å². The van der Waals surface area contributed by atoms with E-state index in [-0.39, 0.29) is 5.54 Å². The average Bonchev–Trinajstić information content (AvgIpc) is 2.80. The maximum absolute atomic E-state index is 5.22. The van der Waals surface area contributed by atoms with Crippen LogP contribution in [0.1, 0.15) is 24.8 Å². The van der Waals surface area contributed by atoms with E-state index >= 15 is 0 Å². The Bertz CT molecular complexity index is 352. The molecule has 2 heteroatoms. The second kappa shape index (κ2) is 4.71. The van der Waals surface area contributed by atoms with Crippen molar-refractivity contribution in [2.24, 2.45) is 0 Å². The third-order valence-corrected chi connectivity index (χ3v) is 3.36. The number of rotatable bonds is 4. The molecule has 1 aromatic carbocycles. The van der Waals surface area contributed by atoms with E-state index < -0.39 is 0 Å². The normalized spacial score (nSPS) is 24.3. The lowest BCUT2D eigenvalue weighted by molar-refractivity contribution is 0.238. The number of benzene rings is 1. The molecule has 1 N–H and O–H groups in total. The summed E-state index contributed by atoms with van der Waals surface area (Å²) in [6.45, 7) is 5.02. The molecule has 86 valence electrons. The Kier molecular flexibility index (Phi) is 3.30. The maximum Gasteiger partial charge on any atom is 0.0905 e. The number of methoxy groups -OCH3 is 1. The molecule has 2 nitrogen and oxygen atoms in total. The largest absolute Gasteiger partial charge is 0.502 e. The molecule has 0 bridgehead atoms. The summed E-state index contributed by atoms with van der Waals surface area (Å²) in [6.07, 6.45) is 3.22. The van der Waals surface area contributed by atoms with Crippen LogP contribution in [0, 0.1) is 0 Å². The minimum atomic E-state index is 0.0361. The highest BCUT2D eigenvalue weighted by molar-refractivity contribution is 5.27. The molecule has 1 aliphatic heterocycles. The highest BCUT2D eigenvalue weighted by Crippen LogP contribution is 2.36. The predicted molar refractivity (Wildman–Crippen MR) is 66.1 cm³/mol. The molecule has 1 saturated heterocycles. The molecule has 0 amide bonds. The zero-order chi connectivity index (χ0) is 11.4. The second-order valence-electron chi connectivity index (χ2n) is 4.40. The molecule has 1 aromatic rings. The Labute approximate surface area is 97.3 Å². The summed E-state index contributed by atoms with van der Waals surface area (Å²) < 4.78 is 5.22. The lowest BCUT2D eigenvalue weighted by Crippen LogP contribution is -2.37. The summed E-state index contributed by atoms with van der Waals surface area (Å²) in [7, 11) is 1.69. The zero-order valence-electron chi connectivity index (χ0n) is 9.83. The van der Waals surface area contributed by atoms with Gasteiger partial charge >= 0.3 is 0 Å². The van der Waals surface area contributed by atoms with Gasteiger partial charge in [0.15, 0.2) is 0 Å². The Morgan fingerprint density at radius 1 is 1.44 bits per heavy atom. The first-order valence-electron chi connectivity index (χ1n) is 5.79. The first-order valence-corrected chi connectivity index (χ1v) is 5.79. The molecule has 1 heterocycles. The van der Waals surface area contributed by atoms with Crippen molar-refractivity contribution in [1.82, 2.24) is 5.32 Å². The van der Waals surface area contributed by atoms with Gasteiger partial charge in [-0.2, -0.15) is 0 Å². The first-order chi connectivity index (χ1) is 7.77. The highest BCUT2D eigenvalue weighted by atomic mass is 16.5. The molecule has 0 radical (unpaired) electrons. The summed E-state index contributed by atoms with van der Waals surface area (Å²) in [5.74, 6) is 0.846. The van der Waals surface area contributed by atoms with E-state index in [4.69, 9.17) is 4.74 Å². The van der Waals surface area contributed by atoms with Gasteiger partial charge in [0.1, 0.15) is 0 Å². The fraction of sp³-hybridized carbons (Fsp3) is 0.429. The van der Waals surface area contributed by atoms with E-state index in [0.717, 1.165) is 25.1 Å². The van der Waals surface area contributed by atoms with Crippen LogP contribution < -0.4 is 5.32 Å². The lowest BCUT2D eigenvalue weighted by Gasteiger charge is -2.30. The van der Waals surface area contributed by atoms with Crippen molar-refractivity contribution in [3.05, 3.63) is 48.2 Å². The maximum atomic E-state index is 5.22. The quantitative estimate of drug-likeness (QED) is 0.783. The topological polar surface area (TPSA) is 21.3 Å². The van der Waals surface area contributed by atoms with Crippen LogP contribution in [0.4, 0.5) is 0 Å². The third-order valence-electron chi connectivity index (χ3n) is 3.36. The minimum Gasteiger partial charge on any atom is -0.502 e. The van der Waals surface area contributed by atoms with E-state index in [1.807, 2.05) is 0 Å². The summed E-state index contributed by atoms with van der Waals surface area (Å²) >= 11 is 0. The van der Waals surface area contributed by atoms with Crippen molar-refractivity contribution in [3.8, 4) is 0 Å². The Balaban J connectivity index is 2.25. The van der Waals surface area contributed by atoms with E-state index in [9.17, 15) is 0 Å². The van der Waals surface area contributed by atoms with Gasteiger partial charge in [-0.3, -0.25) is 0 Å². The molecular formula is C14H19NO. The van der Waals surface area contributed by atoms with Crippen LogP contribution in [-0.4, -0.2) is 13.7 Å². The molecular weight excluding hydrogens is 198 g/mol. The lowest BCUT2D eigenvalue weighted by atomic mass is 9.85. The van der Waals surface area contributed by atoms with Crippen LogP contribution in [0.2, 0.25) is 0 Å². The summed E-state index contributed by atoms with van der Waals surface area (Å²) in [5.41, 5.74) is 1.37. The molecule has 0 spiro atoms. The number of nitrogens with one attached hydrogen (secondary N) is 1. The van der Waals surface area contributed by atoms with E-state index in [1.165, 1.54) is 12.0 Å². The minimum absolute atomic E-state index is 0.0361. The van der Waals surface area contributed by atoms with Crippen LogP contribution in [0.5, 0.6) is 0 Å². The van der Waals surface area contributed by atoms with Crippen molar-refractivity contribution < 1.29 is 4.74 Å². The zero-order valence-corrected chi connectivity index (χ0v) is 9.83. The third kappa shape index (κ3) is 2.12. The molecule has 0 aliphatic carbocycles. The predicted octanol–water partition coefficient (Wildman–Crippen LogP) is 2.82. The number of ether oxygens (including phenoxy) is 1. The molecule has 1 unspecified atom stereocenters. The SMILES string of the molecule is C=C(CC1(c2ccccc2)CCCN1)OC. The van der Waals surface area contributed by atoms with Gasteiger partial charge in [-0.1, -0.05) is 36.9 Å². The van der Waals surface area contributed by atoms with E-state index in [2.05, 4.69) is 42.2 Å². The van der Waals surface area contributed by atoms with Crippen LogP contribution in [0.25, 0.3) is 0 Å². The van der Waals surface area contributed by atoms with Crippen molar-refractivity contribution in [2.45, 2.75) is 24.8 Å². The van der Waals surface area contributed by atoms with Crippen molar-refractivity contribution in [3.63, 3.8) is 0 Å². The summed E-state index contributed by atoms with van der Waals surface area (Å²) in [5, 5.41) is 3.61. The highest BCUT2D eigenvalue weighted by Gasteiger charge is 2.35. The van der Waals surface area contributed by atoms with Gasteiger partial charge in [0.2, 0.25) is 0 Å². The number of hydrogen-bond acceptors (Lipinski definition) is 2. The fourth-order valence-corrected chi connectivity index (χ4v) is 2.47. The standard InChI is InChI=1S/C14H19NO/c1-12(16-2)11-14(9-6-10-15-14)13-7-4-3-5-8-13/h3-5,7-8,15H,1,6,9-11H2,2H3. The molecule has 1 aliphatic rings. The van der Waals surface area contributed by atoms with Gasteiger partial charge in [-0.15, -0.1) is 0 Å². The van der Waals surface area contributed by atoms with Gasteiger partial charge in [0.05, 0.1) is 18.4 Å². The Morgan fingerprint density at radius 2 is 2.19 bits per heavy atom. The molecule has 1 atom stereocenters. The van der Waals surface area contributed by atoms with Crippen LogP contribution in [-0.2, 0) is 10.3 Å². The Morgan fingerprint density at radius 3 is 2.75 bits per heavy atom.